The van der Waals surface area contributed by atoms with E-state index in [0.717, 1.165) is 16.3 Å². The van der Waals surface area contributed by atoms with Crippen LogP contribution in [0.25, 0.3) is 0 Å². The van der Waals surface area contributed by atoms with Crippen LogP contribution in [0.4, 0.5) is 5.69 Å². The summed E-state index contributed by atoms with van der Waals surface area (Å²) in [5.41, 5.74) is 1.03. The summed E-state index contributed by atoms with van der Waals surface area (Å²) in [6.45, 7) is 3.60. The number of carbonyl (C=O) groups excluding carboxylic acids is 2. The Bertz CT molecular complexity index is 1350. The van der Waals surface area contributed by atoms with Crippen molar-refractivity contribution in [3.05, 3.63) is 84.4 Å². The molecule has 0 saturated carbocycles. The van der Waals surface area contributed by atoms with Gasteiger partial charge in [0.1, 0.15) is 24.1 Å². The Morgan fingerprint density at radius 3 is 2.18 bits per heavy atom. The number of hydrogen-bond acceptors (Lipinski definition) is 6. The van der Waals surface area contributed by atoms with Crippen LogP contribution in [-0.2, 0) is 26.2 Å². The molecule has 208 valence electrons. The van der Waals surface area contributed by atoms with E-state index in [0.29, 0.717) is 18.0 Å². The molecule has 0 unspecified atom stereocenters. The number of sulfonamides is 1. The first-order valence-electron chi connectivity index (χ1n) is 12.6. The molecule has 3 aromatic rings. The fourth-order valence-electron chi connectivity index (χ4n) is 3.94. The number of nitrogens with zero attached hydrogens (tertiary/aromatic N) is 2. The highest BCUT2D eigenvalue weighted by atomic mass is 32.2. The van der Waals surface area contributed by atoms with Crippen molar-refractivity contribution in [3.8, 4) is 11.5 Å². The highest BCUT2D eigenvalue weighted by Gasteiger charge is 2.32. The van der Waals surface area contributed by atoms with Crippen molar-refractivity contribution in [1.29, 1.82) is 0 Å². The fourth-order valence-corrected chi connectivity index (χ4v) is 5.38. The predicted octanol–water partition coefficient (Wildman–Crippen LogP) is 3.84. The Morgan fingerprint density at radius 1 is 0.897 bits per heavy atom. The number of ether oxygens (including phenoxy) is 2. The number of rotatable bonds is 13. The molecule has 2 amide bonds. The van der Waals surface area contributed by atoms with Gasteiger partial charge in [0.15, 0.2) is 0 Å². The summed E-state index contributed by atoms with van der Waals surface area (Å²) < 4.78 is 39.1. The van der Waals surface area contributed by atoms with E-state index in [1.165, 1.54) is 24.1 Å². The average Bonchev–Trinajstić information content (AvgIpc) is 2.97. The molecule has 0 bridgehead atoms. The van der Waals surface area contributed by atoms with Crippen LogP contribution in [-0.4, -0.2) is 58.5 Å². The number of carbonyl (C=O) groups is 2. The largest absolute Gasteiger partial charge is 0.497 e. The molecule has 0 aliphatic rings. The van der Waals surface area contributed by atoms with Crippen molar-refractivity contribution in [2.45, 2.75) is 37.8 Å². The van der Waals surface area contributed by atoms with E-state index in [-0.39, 0.29) is 23.0 Å². The van der Waals surface area contributed by atoms with Crippen LogP contribution in [0.5, 0.6) is 11.5 Å². The van der Waals surface area contributed by atoms with Gasteiger partial charge in [-0.15, -0.1) is 0 Å². The van der Waals surface area contributed by atoms with Crippen molar-refractivity contribution in [2.75, 3.05) is 31.6 Å². The number of methoxy groups -OCH3 is 2. The molecule has 39 heavy (non-hydrogen) atoms. The Labute approximate surface area is 230 Å². The number of amides is 2. The third-order valence-corrected chi connectivity index (χ3v) is 7.96. The van der Waals surface area contributed by atoms with E-state index in [4.69, 9.17) is 9.47 Å². The minimum atomic E-state index is -4.12. The van der Waals surface area contributed by atoms with Gasteiger partial charge in [-0.2, -0.15) is 0 Å². The molecule has 0 aliphatic carbocycles. The van der Waals surface area contributed by atoms with Crippen LogP contribution in [0, 0.1) is 0 Å². The van der Waals surface area contributed by atoms with Gasteiger partial charge in [-0.05, 0) is 67.4 Å². The molecular weight excluding hydrogens is 518 g/mol. The van der Waals surface area contributed by atoms with E-state index >= 15 is 0 Å². The lowest BCUT2D eigenvalue weighted by molar-refractivity contribution is -0.139. The summed E-state index contributed by atoms with van der Waals surface area (Å²) in [6, 6.07) is 20.6. The van der Waals surface area contributed by atoms with Crippen molar-refractivity contribution >= 4 is 27.5 Å². The molecule has 0 spiro atoms. The molecule has 0 aromatic heterocycles. The van der Waals surface area contributed by atoms with Gasteiger partial charge >= 0.3 is 0 Å². The minimum absolute atomic E-state index is 0.0432. The second-order valence-electron chi connectivity index (χ2n) is 8.86. The first-order chi connectivity index (χ1) is 18.7. The lowest BCUT2D eigenvalue weighted by Crippen LogP contribution is -2.51. The van der Waals surface area contributed by atoms with Gasteiger partial charge in [0, 0.05) is 13.1 Å². The maximum Gasteiger partial charge on any atom is 0.264 e. The smallest absolute Gasteiger partial charge is 0.264 e. The Hall–Kier alpha value is -4.05. The highest BCUT2D eigenvalue weighted by Crippen LogP contribution is 2.26. The van der Waals surface area contributed by atoms with Crippen LogP contribution in [0.2, 0.25) is 0 Å². The van der Waals surface area contributed by atoms with Gasteiger partial charge in [0.2, 0.25) is 11.8 Å². The number of benzene rings is 3. The Morgan fingerprint density at radius 2 is 1.56 bits per heavy atom. The lowest BCUT2D eigenvalue weighted by atomic mass is 10.1. The molecule has 1 atom stereocenters. The van der Waals surface area contributed by atoms with Gasteiger partial charge in [-0.3, -0.25) is 13.9 Å². The molecule has 1 N–H and O–H groups in total. The van der Waals surface area contributed by atoms with Crippen LogP contribution >= 0.6 is 0 Å². The van der Waals surface area contributed by atoms with Crippen molar-refractivity contribution in [1.82, 2.24) is 10.2 Å². The third kappa shape index (κ3) is 7.51. The van der Waals surface area contributed by atoms with E-state index < -0.39 is 28.5 Å². The molecule has 0 aliphatic heterocycles. The topological polar surface area (TPSA) is 105 Å². The van der Waals surface area contributed by atoms with Crippen LogP contribution in [0.3, 0.4) is 0 Å². The molecular formula is C29H35N3O6S. The number of anilines is 1. The van der Waals surface area contributed by atoms with Gasteiger partial charge in [-0.1, -0.05) is 37.3 Å². The van der Waals surface area contributed by atoms with Crippen molar-refractivity contribution < 1.29 is 27.5 Å². The van der Waals surface area contributed by atoms with E-state index in [2.05, 4.69) is 5.32 Å². The average molecular weight is 554 g/mol. The molecule has 0 heterocycles. The minimum Gasteiger partial charge on any atom is -0.497 e. The molecule has 0 radical (unpaired) electrons. The van der Waals surface area contributed by atoms with Crippen LogP contribution < -0.4 is 19.1 Å². The quantitative estimate of drug-likeness (QED) is 0.345. The molecule has 9 nitrogen and oxygen atoms in total. The maximum atomic E-state index is 13.9. The first kappa shape index (κ1) is 29.5. The molecule has 0 saturated heterocycles. The van der Waals surface area contributed by atoms with Crippen molar-refractivity contribution in [2.24, 2.45) is 0 Å². The summed E-state index contributed by atoms with van der Waals surface area (Å²) in [5, 5.41) is 2.83. The Kier molecular flexibility index (Phi) is 10.3. The summed E-state index contributed by atoms with van der Waals surface area (Å²) in [6.07, 6.45) is 0.739. The zero-order valence-electron chi connectivity index (χ0n) is 22.7. The second kappa shape index (κ2) is 13.7. The lowest BCUT2D eigenvalue weighted by Gasteiger charge is -2.32. The van der Waals surface area contributed by atoms with Crippen LogP contribution in [0.15, 0.2) is 83.8 Å². The van der Waals surface area contributed by atoms with E-state index in [1.807, 2.05) is 13.0 Å². The Balaban J connectivity index is 2.01. The first-order valence-corrected chi connectivity index (χ1v) is 14.1. The van der Waals surface area contributed by atoms with Gasteiger partial charge in [0.05, 0.1) is 24.8 Å². The zero-order valence-corrected chi connectivity index (χ0v) is 23.5. The monoisotopic (exact) mass is 553 g/mol. The van der Waals surface area contributed by atoms with Gasteiger partial charge in [-0.25, -0.2) is 8.42 Å². The summed E-state index contributed by atoms with van der Waals surface area (Å²) in [4.78, 5) is 28.2. The fraction of sp³-hybridized carbons (Fsp3) is 0.310. The van der Waals surface area contributed by atoms with Gasteiger partial charge < -0.3 is 19.7 Å². The molecule has 3 rings (SSSR count). The third-order valence-electron chi connectivity index (χ3n) is 6.17. The standard InChI is InChI=1S/C29H35N3O6S/c1-5-18-30-29(34)22(2)31(20-23-10-9-11-26(19-23)38-4)28(33)21-32(24-14-16-25(37-3)17-15-24)39(35,36)27-12-7-6-8-13-27/h6-17,19,22H,5,18,20-21H2,1-4H3,(H,30,34)/t22-/m1/s1. The molecule has 0 fully saturated rings. The van der Waals surface area contributed by atoms with Crippen LogP contribution in [0.1, 0.15) is 25.8 Å². The molecule has 3 aromatic carbocycles. The number of nitrogens with one attached hydrogen (secondary N) is 1. The zero-order chi connectivity index (χ0) is 28.4. The second-order valence-corrected chi connectivity index (χ2v) is 10.7. The molecule has 10 heteroatoms. The van der Waals surface area contributed by atoms with E-state index in [9.17, 15) is 18.0 Å². The predicted molar refractivity (Wildman–Crippen MR) is 150 cm³/mol. The van der Waals surface area contributed by atoms with E-state index in [1.54, 1.807) is 74.7 Å². The van der Waals surface area contributed by atoms with Crippen molar-refractivity contribution in [3.63, 3.8) is 0 Å². The SMILES string of the molecule is CCCNC(=O)[C@@H](C)N(Cc1cccc(OC)c1)C(=O)CN(c1ccc(OC)cc1)S(=O)(=O)c1ccccc1. The maximum absolute atomic E-state index is 13.9. The summed E-state index contributed by atoms with van der Waals surface area (Å²) in [5.74, 6) is 0.291. The normalized spacial score (nSPS) is 11.8. The summed E-state index contributed by atoms with van der Waals surface area (Å²) >= 11 is 0. The van der Waals surface area contributed by atoms with Gasteiger partial charge in [0.25, 0.3) is 10.0 Å². The highest BCUT2D eigenvalue weighted by molar-refractivity contribution is 7.92. The summed E-state index contributed by atoms with van der Waals surface area (Å²) in [7, 11) is -1.06. The number of hydrogen-bond donors (Lipinski definition) is 1.